The Morgan fingerprint density at radius 3 is 2.72 bits per heavy atom. The maximum Gasteiger partial charge on any atom is 0.0510 e. The van der Waals surface area contributed by atoms with Crippen molar-refractivity contribution in [3.8, 4) is 0 Å². The van der Waals surface area contributed by atoms with Gasteiger partial charge in [-0.05, 0) is 86.4 Å². The molecule has 0 aromatic heterocycles. The summed E-state index contributed by atoms with van der Waals surface area (Å²) in [6, 6.07) is 4.68. The van der Waals surface area contributed by atoms with Crippen molar-refractivity contribution in [1.29, 1.82) is 0 Å². The van der Waals surface area contributed by atoms with Gasteiger partial charge in [0, 0.05) is 21.1 Å². The fourth-order valence-electron chi connectivity index (χ4n) is 4.53. The molecule has 2 nitrogen and oxygen atoms in total. The van der Waals surface area contributed by atoms with Crippen LogP contribution in [0.15, 0.2) is 43.9 Å². The number of benzene rings is 1. The first kappa shape index (κ1) is 17.7. The third-order valence-electron chi connectivity index (χ3n) is 5.70. The zero-order valence-electron chi connectivity index (χ0n) is 14.6. The number of rotatable bonds is 1. The van der Waals surface area contributed by atoms with Gasteiger partial charge in [-0.15, -0.1) is 0 Å². The molecule has 1 unspecified atom stereocenters. The zero-order chi connectivity index (χ0) is 17.4. The molecule has 132 valence electrons. The quantitative estimate of drug-likeness (QED) is 0.559. The summed E-state index contributed by atoms with van der Waals surface area (Å²) >= 11 is 7.56. The van der Waals surface area contributed by atoms with E-state index in [-0.39, 0.29) is 0 Å². The molecule has 4 heteroatoms. The van der Waals surface area contributed by atoms with Crippen LogP contribution < -0.4 is 5.32 Å². The molecule has 0 saturated carbocycles. The van der Waals surface area contributed by atoms with E-state index >= 15 is 0 Å². The average Bonchev–Trinajstić information content (AvgIpc) is 2.87. The van der Waals surface area contributed by atoms with Crippen LogP contribution >= 0.6 is 31.9 Å². The highest BCUT2D eigenvalue weighted by Gasteiger charge is 2.35. The first-order valence-corrected chi connectivity index (χ1v) is 10.8. The first-order chi connectivity index (χ1) is 12.1. The van der Waals surface area contributed by atoms with E-state index < -0.39 is 0 Å². The molecule has 0 spiro atoms. The summed E-state index contributed by atoms with van der Waals surface area (Å²) < 4.78 is 2.44. The molecule has 1 aromatic rings. The lowest BCUT2D eigenvalue weighted by atomic mass is 9.75. The van der Waals surface area contributed by atoms with Gasteiger partial charge in [0.15, 0.2) is 0 Å². The van der Waals surface area contributed by atoms with Gasteiger partial charge < -0.3 is 5.32 Å². The fourth-order valence-corrected chi connectivity index (χ4v) is 5.66. The summed E-state index contributed by atoms with van der Waals surface area (Å²) in [5.41, 5.74) is 7.11. The summed E-state index contributed by atoms with van der Waals surface area (Å²) in [7, 11) is 0. The molecule has 0 amide bonds. The van der Waals surface area contributed by atoms with E-state index in [1.807, 2.05) is 6.20 Å². The van der Waals surface area contributed by atoms with Crippen molar-refractivity contribution in [2.45, 2.75) is 44.9 Å². The predicted octanol–water partition coefficient (Wildman–Crippen LogP) is 5.79. The molecule has 1 fully saturated rings. The number of aliphatic imine (C=N–C) groups is 1. The van der Waals surface area contributed by atoms with E-state index in [0.717, 1.165) is 32.4 Å². The molecule has 2 aliphatic heterocycles. The molecule has 1 aliphatic carbocycles. The number of allylic oxidation sites excluding steroid dienone is 3. The molecule has 0 bridgehead atoms. The normalized spacial score (nSPS) is 24.3. The Morgan fingerprint density at radius 1 is 1.12 bits per heavy atom. The molecule has 2 heterocycles. The van der Waals surface area contributed by atoms with E-state index in [2.05, 4.69) is 62.3 Å². The number of hydrogen-bond donors (Lipinski definition) is 1. The number of nitrogens with one attached hydrogen (secondary N) is 1. The molecule has 3 aliphatic rings. The summed E-state index contributed by atoms with van der Waals surface area (Å²) in [6.45, 7) is 4.43. The van der Waals surface area contributed by atoms with Crippen molar-refractivity contribution in [2.75, 3.05) is 13.1 Å². The second kappa shape index (κ2) is 7.50. The largest absolute Gasteiger partial charge is 0.317 e. The van der Waals surface area contributed by atoms with Gasteiger partial charge in [0.2, 0.25) is 0 Å². The molecular weight excluding hydrogens is 440 g/mol. The summed E-state index contributed by atoms with van der Waals surface area (Å²) in [5.74, 6) is 1.06. The number of nitrogens with zero attached hydrogens (tertiary/aromatic N) is 1. The van der Waals surface area contributed by atoms with Crippen LogP contribution in [0.2, 0.25) is 0 Å². The van der Waals surface area contributed by atoms with Crippen LogP contribution in [0, 0.1) is 12.8 Å². The van der Waals surface area contributed by atoms with E-state index in [4.69, 9.17) is 4.99 Å². The fraction of sp³-hybridized carbons (Fsp3) is 0.476. The standard InChI is InChI=1S/C21H24Br2N2/c1-13-10-16-3-2-15-4-5-17(22)12-25-21(15)20(19(16)18(23)11-13)14-6-8-24-9-7-14/h4,10-12,14,20,24H,2-3,5-9H2,1H3. The van der Waals surface area contributed by atoms with Crippen molar-refractivity contribution in [1.82, 2.24) is 5.32 Å². The van der Waals surface area contributed by atoms with E-state index in [9.17, 15) is 0 Å². The Kier molecular flexibility index (Phi) is 5.30. The van der Waals surface area contributed by atoms with Crippen molar-refractivity contribution >= 4 is 37.6 Å². The van der Waals surface area contributed by atoms with Gasteiger partial charge in [0.05, 0.1) is 5.71 Å². The number of aryl methyl sites for hydroxylation is 2. The smallest absolute Gasteiger partial charge is 0.0510 e. The summed E-state index contributed by atoms with van der Waals surface area (Å²) in [4.78, 5) is 5.00. The topological polar surface area (TPSA) is 24.4 Å². The van der Waals surface area contributed by atoms with Gasteiger partial charge in [0.1, 0.15) is 0 Å². The highest BCUT2D eigenvalue weighted by atomic mass is 79.9. The highest BCUT2D eigenvalue weighted by Crippen LogP contribution is 2.44. The number of piperidine rings is 1. The minimum atomic E-state index is 0.399. The van der Waals surface area contributed by atoms with Crippen LogP contribution in [0.1, 0.15) is 48.3 Å². The maximum absolute atomic E-state index is 5.00. The average molecular weight is 464 g/mol. The van der Waals surface area contributed by atoms with Crippen LogP contribution in [0.4, 0.5) is 0 Å². The molecule has 0 radical (unpaired) electrons. The van der Waals surface area contributed by atoms with Gasteiger partial charge in [0.25, 0.3) is 0 Å². The van der Waals surface area contributed by atoms with Gasteiger partial charge in [-0.1, -0.05) is 44.0 Å². The minimum absolute atomic E-state index is 0.399. The van der Waals surface area contributed by atoms with Gasteiger partial charge in [-0.3, -0.25) is 4.99 Å². The molecule has 1 N–H and O–H groups in total. The van der Waals surface area contributed by atoms with Crippen LogP contribution in [-0.4, -0.2) is 18.8 Å². The van der Waals surface area contributed by atoms with Crippen LogP contribution in [0.5, 0.6) is 0 Å². The SMILES string of the molecule is Cc1cc(Br)c2c(c1)CCC1=CCC(Br)=CN=C1C2C1CCNCC1. The molecule has 1 atom stereocenters. The second-order valence-corrected chi connectivity index (χ2v) is 9.28. The highest BCUT2D eigenvalue weighted by molar-refractivity contribution is 9.11. The lowest BCUT2D eigenvalue weighted by Crippen LogP contribution is -2.34. The monoisotopic (exact) mass is 462 g/mol. The van der Waals surface area contributed by atoms with Crippen molar-refractivity contribution in [2.24, 2.45) is 10.9 Å². The third kappa shape index (κ3) is 3.58. The lowest BCUT2D eigenvalue weighted by molar-refractivity contribution is 0.356. The number of halogens is 2. The van der Waals surface area contributed by atoms with Crippen molar-refractivity contribution in [3.63, 3.8) is 0 Å². The van der Waals surface area contributed by atoms with E-state index in [0.29, 0.717) is 11.8 Å². The Morgan fingerprint density at radius 2 is 1.92 bits per heavy atom. The number of hydrogen-bond acceptors (Lipinski definition) is 2. The van der Waals surface area contributed by atoms with Crippen molar-refractivity contribution in [3.05, 3.63) is 55.6 Å². The van der Waals surface area contributed by atoms with Crippen LogP contribution in [0.3, 0.4) is 0 Å². The Balaban J connectivity index is 1.89. The maximum atomic E-state index is 5.00. The van der Waals surface area contributed by atoms with Crippen molar-refractivity contribution < 1.29 is 0 Å². The summed E-state index contributed by atoms with van der Waals surface area (Å²) in [6.07, 6.45) is 10.0. The zero-order valence-corrected chi connectivity index (χ0v) is 17.8. The minimum Gasteiger partial charge on any atom is -0.317 e. The summed E-state index contributed by atoms with van der Waals surface area (Å²) in [5, 5.41) is 3.52. The Bertz CT molecular complexity index is 770. The molecule has 1 aromatic carbocycles. The lowest BCUT2D eigenvalue weighted by Gasteiger charge is -2.33. The third-order valence-corrected chi connectivity index (χ3v) is 6.88. The van der Waals surface area contributed by atoms with E-state index in [1.54, 1.807) is 0 Å². The van der Waals surface area contributed by atoms with E-state index in [1.165, 1.54) is 49.8 Å². The predicted molar refractivity (Wildman–Crippen MR) is 113 cm³/mol. The second-order valence-electron chi connectivity index (χ2n) is 7.41. The number of fused-ring (bicyclic) bond motifs is 2. The van der Waals surface area contributed by atoms with Crippen LogP contribution in [0.25, 0.3) is 0 Å². The molecule has 1 saturated heterocycles. The van der Waals surface area contributed by atoms with Gasteiger partial charge in [-0.25, -0.2) is 0 Å². The Hall–Kier alpha value is -0.710. The van der Waals surface area contributed by atoms with Crippen LogP contribution in [-0.2, 0) is 6.42 Å². The Labute approximate surface area is 167 Å². The van der Waals surface area contributed by atoms with Gasteiger partial charge >= 0.3 is 0 Å². The molecular formula is C21H24Br2N2. The molecule has 25 heavy (non-hydrogen) atoms. The first-order valence-electron chi connectivity index (χ1n) is 9.25. The van der Waals surface area contributed by atoms with Gasteiger partial charge in [-0.2, -0.15) is 0 Å². The molecule has 4 rings (SSSR count).